The molecule has 0 unspecified atom stereocenters. The maximum absolute atomic E-state index is 9.15. The standard InChI is InChI=1S/C12H13N3O2/c13-9-5-6-11(15-12(9)14)17-10-4-2-1-3-8(10)7-16/h1-6,16H,7,13H2,(H2,14,15). The molecule has 0 aliphatic heterocycles. The van der Waals surface area contributed by atoms with E-state index in [1.165, 1.54) is 0 Å². The van der Waals surface area contributed by atoms with Gasteiger partial charge in [-0.25, -0.2) is 0 Å². The number of pyridine rings is 1. The highest BCUT2D eigenvalue weighted by Crippen LogP contribution is 2.25. The lowest BCUT2D eigenvalue weighted by atomic mass is 10.2. The van der Waals surface area contributed by atoms with E-state index in [-0.39, 0.29) is 12.4 Å². The van der Waals surface area contributed by atoms with Crippen LogP contribution in [0.3, 0.4) is 0 Å². The summed E-state index contributed by atoms with van der Waals surface area (Å²) >= 11 is 0. The molecule has 2 rings (SSSR count). The summed E-state index contributed by atoms with van der Waals surface area (Å²) in [6.45, 7) is -0.0966. The van der Waals surface area contributed by atoms with Gasteiger partial charge in [-0.3, -0.25) is 0 Å². The monoisotopic (exact) mass is 231 g/mol. The number of aliphatic hydroxyl groups is 1. The Morgan fingerprint density at radius 3 is 2.59 bits per heavy atom. The minimum Gasteiger partial charge on any atom is -0.439 e. The second-order valence-electron chi connectivity index (χ2n) is 3.49. The van der Waals surface area contributed by atoms with Gasteiger partial charge in [0.05, 0.1) is 12.3 Å². The molecule has 5 heteroatoms. The van der Waals surface area contributed by atoms with Crippen molar-refractivity contribution in [2.75, 3.05) is 11.5 Å². The molecule has 1 heterocycles. The van der Waals surface area contributed by atoms with E-state index < -0.39 is 0 Å². The van der Waals surface area contributed by atoms with Crippen LogP contribution in [0, 0.1) is 0 Å². The number of aromatic nitrogens is 1. The maximum Gasteiger partial charge on any atom is 0.221 e. The average Bonchev–Trinajstić information content (AvgIpc) is 2.34. The lowest BCUT2D eigenvalue weighted by Gasteiger charge is -2.09. The van der Waals surface area contributed by atoms with Gasteiger partial charge in [0.2, 0.25) is 5.88 Å². The van der Waals surface area contributed by atoms with Crippen molar-refractivity contribution in [1.82, 2.24) is 4.98 Å². The number of para-hydroxylation sites is 1. The first-order valence-electron chi connectivity index (χ1n) is 5.09. The second-order valence-corrected chi connectivity index (χ2v) is 3.49. The molecule has 0 atom stereocenters. The van der Waals surface area contributed by atoms with Crippen LogP contribution < -0.4 is 16.2 Å². The SMILES string of the molecule is Nc1ccc(Oc2ccccc2CO)nc1N. The molecule has 5 N–H and O–H groups in total. The third-order valence-electron chi connectivity index (χ3n) is 2.29. The van der Waals surface area contributed by atoms with E-state index in [9.17, 15) is 0 Å². The van der Waals surface area contributed by atoms with Gasteiger partial charge in [0, 0.05) is 11.6 Å². The molecule has 0 spiro atoms. The van der Waals surface area contributed by atoms with Crippen LogP contribution in [0.5, 0.6) is 11.6 Å². The van der Waals surface area contributed by atoms with E-state index in [4.69, 9.17) is 21.3 Å². The minimum atomic E-state index is -0.0966. The van der Waals surface area contributed by atoms with E-state index >= 15 is 0 Å². The van der Waals surface area contributed by atoms with Crippen molar-refractivity contribution in [2.45, 2.75) is 6.61 Å². The summed E-state index contributed by atoms with van der Waals surface area (Å²) in [5, 5.41) is 9.15. The Kier molecular flexibility index (Phi) is 3.11. The summed E-state index contributed by atoms with van der Waals surface area (Å²) in [5.41, 5.74) is 12.2. The highest BCUT2D eigenvalue weighted by Gasteiger charge is 2.05. The van der Waals surface area contributed by atoms with Gasteiger partial charge in [-0.05, 0) is 12.1 Å². The van der Waals surface area contributed by atoms with Crippen LogP contribution >= 0.6 is 0 Å². The van der Waals surface area contributed by atoms with Crippen molar-refractivity contribution in [1.29, 1.82) is 0 Å². The summed E-state index contributed by atoms with van der Waals surface area (Å²) in [5.74, 6) is 1.12. The molecule has 1 aromatic heterocycles. The molecule has 17 heavy (non-hydrogen) atoms. The summed E-state index contributed by atoms with van der Waals surface area (Å²) in [6.07, 6.45) is 0. The number of nitrogen functional groups attached to an aromatic ring is 2. The lowest BCUT2D eigenvalue weighted by molar-refractivity contribution is 0.276. The predicted molar refractivity (Wildman–Crippen MR) is 65.5 cm³/mol. The smallest absolute Gasteiger partial charge is 0.221 e. The first-order valence-corrected chi connectivity index (χ1v) is 5.09. The van der Waals surface area contributed by atoms with E-state index in [0.29, 0.717) is 22.9 Å². The number of nitrogens with zero attached hydrogens (tertiary/aromatic N) is 1. The van der Waals surface area contributed by atoms with E-state index in [2.05, 4.69) is 4.98 Å². The van der Waals surface area contributed by atoms with Gasteiger partial charge < -0.3 is 21.3 Å². The number of rotatable bonds is 3. The summed E-state index contributed by atoms with van der Waals surface area (Å²) in [7, 11) is 0. The van der Waals surface area contributed by atoms with Crippen LogP contribution in [0.2, 0.25) is 0 Å². The van der Waals surface area contributed by atoms with Crippen molar-refractivity contribution in [3.63, 3.8) is 0 Å². The zero-order chi connectivity index (χ0) is 12.3. The van der Waals surface area contributed by atoms with Crippen molar-refractivity contribution >= 4 is 11.5 Å². The van der Waals surface area contributed by atoms with Crippen molar-refractivity contribution in [3.8, 4) is 11.6 Å². The Labute approximate surface area is 98.7 Å². The molecule has 0 radical (unpaired) electrons. The normalized spacial score (nSPS) is 10.2. The molecule has 5 nitrogen and oxygen atoms in total. The number of hydrogen-bond acceptors (Lipinski definition) is 5. The molecule has 0 saturated carbocycles. The second kappa shape index (κ2) is 4.71. The van der Waals surface area contributed by atoms with Gasteiger partial charge in [0.25, 0.3) is 0 Å². The highest BCUT2D eigenvalue weighted by atomic mass is 16.5. The zero-order valence-corrected chi connectivity index (χ0v) is 9.13. The van der Waals surface area contributed by atoms with Crippen LogP contribution in [0.1, 0.15) is 5.56 Å². The first-order chi connectivity index (χ1) is 8.20. The summed E-state index contributed by atoms with van der Waals surface area (Å²) < 4.78 is 5.53. The number of ether oxygens (including phenoxy) is 1. The molecule has 0 fully saturated rings. The molecular weight excluding hydrogens is 218 g/mol. The molecule has 2 aromatic rings. The van der Waals surface area contributed by atoms with Crippen LogP contribution in [0.25, 0.3) is 0 Å². The van der Waals surface area contributed by atoms with Crippen molar-refractivity contribution in [2.24, 2.45) is 0 Å². The van der Waals surface area contributed by atoms with E-state index in [1.54, 1.807) is 24.3 Å². The molecular formula is C12H13N3O2. The molecule has 0 aliphatic rings. The summed E-state index contributed by atoms with van der Waals surface area (Å²) in [6, 6.07) is 10.4. The largest absolute Gasteiger partial charge is 0.439 e. The van der Waals surface area contributed by atoms with Crippen LogP contribution in [-0.4, -0.2) is 10.1 Å². The third-order valence-corrected chi connectivity index (χ3v) is 2.29. The predicted octanol–water partition coefficient (Wildman–Crippen LogP) is 1.53. The van der Waals surface area contributed by atoms with E-state index in [0.717, 1.165) is 0 Å². The van der Waals surface area contributed by atoms with Crippen molar-refractivity contribution in [3.05, 3.63) is 42.0 Å². The van der Waals surface area contributed by atoms with Gasteiger partial charge >= 0.3 is 0 Å². The van der Waals surface area contributed by atoms with Crippen LogP contribution in [0.4, 0.5) is 11.5 Å². The highest BCUT2D eigenvalue weighted by molar-refractivity contribution is 5.58. The molecule has 1 aromatic carbocycles. The van der Waals surface area contributed by atoms with E-state index in [1.807, 2.05) is 12.1 Å². The maximum atomic E-state index is 9.15. The van der Waals surface area contributed by atoms with Gasteiger partial charge in [-0.1, -0.05) is 18.2 Å². The van der Waals surface area contributed by atoms with Gasteiger partial charge in [-0.15, -0.1) is 0 Å². The Hall–Kier alpha value is -2.27. The zero-order valence-electron chi connectivity index (χ0n) is 9.13. The third kappa shape index (κ3) is 2.46. The molecule has 88 valence electrons. The fourth-order valence-corrected chi connectivity index (χ4v) is 1.37. The Morgan fingerprint density at radius 2 is 1.88 bits per heavy atom. The fraction of sp³-hybridized carbons (Fsp3) is 0.0833. The number of nitrogens with two attached hydrogens (primary N) is 2. The molecule has 0 saturated heterocycles. The minimum absolute atomic E-state index is 0.0966. The number of aliphatic hydroxyl groups excluding tert-OH is 1. The van der Waals surface area contributed by atoms with Gasteiger partial charge in [0.1, 0.15) is 5.75 Å². The fourth-order valence-electron chi connectivity index (χ4n) is 1.37. The van der Waals surface area contributed by atoms with Crippen molar-refractivity contribution < 1.29 is 9.84 Å². The van der Waals surface area contributed by atoms with Crippen LogP contribution in [-0.2, 0) is 6.61 Å². The Bertz CT molecular complexity index is 529. The van der Waals surface area contributed by atoms with Gasteiger partial charge in [-0.2, -0.15) is 4.98 Å². The summed E-state index contributed by atoms with van der Waals surface area (Å²) in [4.78, 5) is 3.99. The molecule has 0 amide bonds. The molecule has 0 bridgehead atoms. The van der Waals surface area contributed by atoms with Crippen LogP contribution in [0.15, 0.2) is 36.4 Å². The quantitative estimate of drug-likeness (QED) is 0.744. The molecule has 0 aliphatic carbocycles. The topological polar surface area (TPSA) is 94.4 Å². The first kappa shape index (κ1) is 11.2. The van der Waals surface area contributed by atoms with Gasteiger partial charge in [0.15, 0.2) is 5.82 Å². The Balaban J connectivity index is 2.28. The number of hydrogen-bond donors (Lipinski definition) is 3. The lowest BCUT2D eigenvalue weighted by Crippen LogP contribution is -1.99. The average molecular weight is 231 g/mol. The Morgan fingerprint density at radius 1 is 1.12 bits per heavy atom. The number of benzene rings is 1. The number of anilines is 2.